The van der Waals surface area contributed by atoms with Crippen LogP contribution in [-0.2, 0) is 10.2 Å². The zero-order valence-electron chi connectivity index (χ0n) is 18.3. The van der Waals surface area contributed by atoms with Crippen molar-refractivity contribution in [3.63, 3.8) is 0 Å². The van der Waals surface area contributed by atoms with E-state index in [1.807, 2.05) is 31.2 Å². The van der Waals surface area contributed by atoms with Gasteiger partial charge in [0, 0.05) is 11.3 Å². The Labute approximate surface area is 182 Å². The van der Waals surface area contributed by atoms with Crippen LogP contribution in [0.3, 0.4) is 0 Å². The average molecular weight is 421 g/mol. The molecular formula is C25H28N2O4. The molecule has 1 atom stereocenters. The Bertz CT molecular complexity index is 1000. The largest absolute Gasteiger partial charge is 0.484 e. The van der Waals surface area contributed by atoms with Gasteiger partial charge < -0.3 is 19.8 Å². The van der Waals surface area contributed by atoms with Crippen LogP contribution in [0, 0.1) is 0 Å². The quantitative estimate of drug-likeness (QED) is 0.558. The minimum absolute atomic E-state index is 0.0402. The number of ether oxygens (including phenoxy) is 1. The highest BCUT2D eigenvalue weighted by Crippen LogP contribution is 2.23. The maximum Gasteiger partial charge on any atom is 0.258 e. The second kappa shape index (κ2) is 9.51. The molecule has 3 aromatic rings. The Morgan fingerprint density at radius 1 is 1.00 bits per heavy atom. The third-order valence-corrected chi connectivity index (χ3v) is 4.84. The summed E-state index contributed by atoms with van der Waals surface area (Å²) < 4.78 is 10.8. The summed E-state index contributed by atoms with van der Waals surface area (Å²) in [5, 5.41) is 5.67. The van der Waals surface area contributed by atoms with Crippen LogP contribution in [0.5, 0.6) is 5.75 Å². The van der Waals surface area contributed by atoms with Gasteiger partial charge in [0.25, 0.3) is 11.8 Å². The van der Waals surface area contributed by atoms with E-state index in [1.54, 1.807) is 42.7 Å². The van der Waals surface area contributed by atoms with E-state index in [0.717, 1.165) is 0 Å². The summed E-state index contributed by atoms with van der Waals surface area (Å²) in [6.45, 7) is 8.13. The number of hydrogen-bond donors (Lipinski definition) is 2. The number of benzene rings is 2. The van der Waals surface area contributed by atoms with Gasteiger partial charge in [-0.2, -0.15) is 0 Å². The van der Waals surface area contributed by atoms with Crippen molar-refractivity contribution in [2.24, 2.45) is 0 Å². The first kappa shape index (κ1) is 22.2. The Hall–Kier alpha value is -3.54. The average Bonchev–Trinajstić information content (AvgIpc) is 3.28. The summed E-state index contributed by atoms with van der Waals surface area (Å²) in [6, 6.07) is 17.8. The van der Waals surface area contributed by atoms with Crippen molar-refractivity contribution in [3.8, 4) is 5.75 Å². The van der Waals surface area contributed by atoms with Crippen LogP contribution < -0.4 is 15.4 Å². The van der Waals surface area contributed by atoms with E-state index < -0.39 is 0 Å². The highest BCUT2D eigenvalue weighted by molar-refractivity contribution is 6.04. The molecule has 1 aromatic heterocycles. The van der Waals surface area contributed by atoms with E-state index >= 15 is 0 Å². The second-order valence-electron chi connectivity index (χ2n) is 8.40. The first-order valence-electron chi connectivity index (χ1n) is 10.2. The van der Waals surface area contributed by atoms with Gasteiger partial charge in [-0.3, -0.25) is 9.59 Å². The molecule has 31 heavy (non-hydrogen) atoms. The first-order valence-corrected chi connectivity index (χ1v) is 10.2. The molecule has 0 bridgehead atoms. The van der Waals surface area contributed by atoms with E-state index in [9.17, 15) is 9.59 Å². The summed E-state index contributed by atoms with van der Waals surface area (Å²) in [5.41, 5.74) is 2.45. The van der Waals surface area contributed by atoms with Crippen molar-refractivity contribution in [3.05, 3.63) is 83.8 Å². The summed E-state index contributed by atoms with van der Waals surface area (Å²) in [6.07, 6.45) is 1.57. The van der Waals surface area contributed by atoms with Gasteiger partial charge in [-0.1, -0.05) is 32.9 Å². The number of nitrogens with one attached hydrogen (secondary N) is 2. The fourth-order valence-corrected chi connectivity index (χ4v) is 3.00. The fraction of sp³-hybridized carbons (Fsp3) is 0.280. The summed E-state index contributed by atoms with van der Waals surface area (Å²) >= 11 is 0. The molecule has 2 aromatic carbocycles. The molecule has 0 fully saturated rings. The van der Waals surface area contributed by atoms with Crippen LogP contribution in [0.15, 0.2) is 71.3 Å². The Morgan fingerprint density at radius 2 is 1.68 bits per heavy atom. The number of carbonyl (C=O) groups is 2. The maximum atomic E-state index is 12.5. The van der Waals surface area contributed by atoms with Crippen LogP contribution in [0.1, 0.15) is 55.4 Å². The molecule has 0 saturated heterocycles. The van der Waals surface area contributed by atoms with Crippen molar-refractivity contribution < 1.29 is 18.7 Å². The highest BCUT2D eigenvalue weighted by atomic mass is 16.5. The molecule has 0 aliphatic heterocycles. The third-order valence-electron chi connectivity index (χ3n) is 4.84. The summed E-state index contributed by atoms with van der Waals surface area (Å²) in [5.74, 6) is 0.787. The molecule has 2 N–H and O–H groups in total. The van der Waals surface area contributed by atoms with Crippen molar-refractivity contribution in [2.75, 3.05) is 11.9 Å². The Balaban J connectivity index is 1.49. The minimum Gasteiger partial charge on any atom is -0.484 e. The van der Waals surface area contributed by atoms with Gasteiger partial charge in [-0.25, -0.2) is 0 Å². The van der Waals surface area contributed by atoms with Crippen LogP contribution in [0.2, 0.25) is 0 Å². The predicted molar refractivity (Wildman–Crippen MR) is 120 cm³/mol. The smallest absolute Gasteiger partial charge is 0.258 e. The van der Waals surface area contributed by atoms with Gasteiger partial charge in [0.1, 0.15) is 11.5 Å². The molecule has 162 valence electrons. The summed E-state index contributed by atoms with van der Waals surface area (Å²) in [7, 11) is 0. The lowest BCUT2D eigenvalue weighted by Crippen LogP contribution is -2.31. The molecular weight excluding hydrogens is 392 g/mol. The van der Waals surface area contributed by atoms with Gasteiger partial charge in [-0.15, -0.1) is 0 Å². The lowest BCUT2D eigenvalue weighted by Gasteiger charge is -2.19. The molecule has 1 heterocycles. The third kappa shape index (κ3) is 6.22. The molecule has 0 spiro atoms. The van der Waals surface area contributed by atoms with E-state index in [2.05, 4.69) is 31.4 Å². The molecule has 0 saturated carbocycles. The van der Waals surface area contributed by atoms with Gasteiger partial charge in [0.05, 0.1) is 12.3 Å². The van der Waals surface area contributed by atoms with E-state index in [-0.39, 0.29) is 29.9 Å². The maximum absolute atomic E-state index is 12.5. The molecule has 0 radical (unpaired) electrons. The predicted octanol–water partition coefficient (Wildman–Crippen LogP) is 5.09. The molecule has 0 aliphatic rings. The summed E-state index contributed by atoms with van der Waals surface area (Å²) in [4.78, 5) is 24.5. The SMILES string of the molecule is CC(NC(=O)COc1ccc(NC(=O)c2ccc(C(C)(C)C)cc2)cc1)c1ccco1. The zero-order chi connectivity index (χ0) is 22.4. The normalized spacial score (nSPS) is 12.1. The first-order chi connectivity index (χ1) is 14.7. The fourth-order valence-electron chi connectivity index (χ4n) is 3.00. The minimum atomic E-state index is -0.250. The van der Waals surface area contributed by atoms with Crippen LogP contribution in [0.25, 0.3) is 0 Å². The number of amides is 2. The monoisotopic (exact) mass is 420 g/mol. The number of rotatable bonds is 7. The highest BCUT2D eigenvalue weighted by Gasteiger charge is 2.15. The molecule has 0 aliphatic carbocycles. The number of hydrogen-bond acceptors (Lipinski definition) is 4. The van der Waals surface area contributed by atoms with Gasteiger partial charge in [0.15, 0.2) is 6.61 Å². The lowest BCUT2D eigenvalue weighted by atomic mass is 9.87. The topological polar surface area (TPSA) is 80.6 Å². The van der Waals surface area contributed by atoms with Gasteiger partial charge in [0.2, 0.25) is 0 Å². The Kier molecular flexibility index (Phi) is 6.80. The lowest BCUT2D eigenvalue weighted by molar-refractivity contribution is -0.123. The van der Waals surface area contributed by atoms with Gasteiger partial charge >= 0.3 is 0 Å². The molecule has 1 unspecified atom stereocenters. The standard InChI is InChI=1S/C25H28N2O4/c1-17(22-6-5-15-30-22)26-23(28)16-31-21-13-11-20(12-14-21)27-24(29)18-7-9-19(10-8-18)25(2,3)4/h5-15,17H,16H2,1-4H3,(H,26,28)(H,27,29). The van der Waals surface area contributed by atoms with E-state index in [4.69, 9.17) is 9.15 Å². The molecule has 6 heteroatoms. The van der Waals surface area contributed by atoms with Crippen molar-refractivity contribution in [2.45, 2.75) is 39.2 Å². The van der Waals surface area contributed by atoms with E-state index in [1.165, 1.54) is 5.56 Å². The zero-order valence-corrected chi connectivity index (χ0v) is 18.3. The van der Waals surface area contributed by atoms with Crippen LogP contribution in [0.4, 0.5) is 5.69 Å². The molecule has 6 nitrogen and oxygen atoms in total. The van der Waals surface area contributed by atoms with Crippen molar-refractivity contribution >= 4 is 17.5 Å². The van der Waals surface area contributed by atoms with Crippen LogP contribution >= 0.6 is 0 Å². The number of anilines is 1. The van der Waals surface area contributed by atoms with Crippen molar-refractivity contribution in [1.29, 1.82) is 0 Å². The van der Waals surface area contributed by atoms with E-state index in [0.29, 0.717) is 22.8 Å². The van der Waals surface area contributed by atoms with Crippen molar-refractivity contribution in [1.82, 2.24) is 5.32 Å². The van der Waals surface area contributed by atoms with Gasteiger partial charge in [-0.05, 0) is 66.4 Å². The second-order valence-corrected chi connectivity index (χ2v) is 8.40. The number of carbonyl (C=O) groups excluding carboxylic acids is 2. The molecule has 3 rings (SSSR count). The Morgan fingerprint density at radius 3 is 2.26 bits per heavy atom. The number of furan rings is 1. The molecule has 2 amide bonds. The van der Waals surface area contributed by atoms with Crippen LogP contribution in [-0.4, -0.2) is 18.4 Å².